The minimum Gasteiger partial charge on any atom is -0.491 e. The maximum absolute atomic E-state index is 14.3. The van der Waals surface area contributed by atoms with Crippen molar-refractivity contribution in [2.24, 2.45) is 0 Å². The predicted octanol–water partition coefficient (Wildman–Crippen LogP) is 4.72. The second-order valence-corrected chi connectivity index (χ2v) is 6.29. The van der Waals surface area contributed by atoms with Crippen LogP contribution in [0.4, 0.5) is 10.1 Å². The Morgan fingerprint density at radius 3 is 2.64 bits per heavy atom. The molecule has 1 N–H and O–H groups in total. The van der Waals surface area contributed by atoms with Crippen molar-refractivity contribution in [3.8, 4) is 17.0 Å². The smallest absolute Gasteiger partial charge is 0.261 e. The maximum atomic E-state index is 14.3. The van der Waals surface area contributed by atoms with Crippen LogP contribution in [-0.4, -0.2) is 31.4 Å². The number of hydrogen-bond acceptors (Lipinski definition) is 5. The summed E-state index contributed by atoms with van der Waals surface area (Å²) < 4.78 is 29.8. The number of carbonyl (C=O) groups excluding carboxylic acids is 1. The Bertz CT molecular complexity index is 953. The first kappa shape index (κ1) is 19.9. The molecule has 1 heterocycles. The summed E-state index contributed by atoms with van der Waals surface area (Å²) in [7, 11) is 1.59. The first-order chi connectivity index (χ1) is 13.5. The zero-order valence-electron chi connectivity index (χ0n) is 15.3. The van der Waals surface area contributed by atoms with E-state index in [9.17, 15) is 9.18 Å². The fourth-order valence-corrected chi connectivity index (χ4v) is 2.86. The second-order valence-electron chi connectivity index (χ2n) is 5.88. The number of benzene rings is 2. The van der Waals surface area contributed by atoms with Crippen LogP contribution < -0.4 is 10.1 Å². The van der Waals surface area contributed by atoms with Crippen molar-refractivity contribution >= 4 is 23.2 Å². The van der Waals surface area contributed by atoms with Crippen LogP contribution in [0.5, 0.6) is 5.75 Å². The quantitative estimate of drug-likeness (QED) is 0.577. The zero-order chi connectivity index (χ0) is 20.1. The minimum atomic E-state index is -0.590. The molecule has 1 aromatic heterocycles. The van der Waals surface area contributed by atoms with E-state index >= 15 is 0 Å². The van der Waals surface area contributed by atoms with Crippen molar-refractivity contribution in [1.29, 1.82) is 0 Å². The summed E-state index contributed by atoms with van der Waals surface area (Å²) in [6.07, 6.45) is 0. The molecular formula is C20H18ClFN2O4. The number of amides is 1. The van der Waals surface area contributed by atoms with Gasteiger partial charge in [-0.1, -0.05) is 22.8 Å². The van der Waals surface area contributed by atoms with Crippen LogP contribution in [0, 0.1) is 12.7 Å². The van der Waals surface area contributed by atoms with E-state index in [1.165, 1.54) is 18.2 Å². The van der Waals surface area contributed by atoms with Crippen LogP contribution in [0.1, 0.15) is 16.1 Å². The molecule has 0 bridgehead atoms. The van der Waals surface area contributed by atoms with E-state index in [1.807, 2.05) is 0 Å². The number of carbonyl (C=O) groups is 1. The second kappa shape index (κ2) is 8.86. The van der Waals surface area contributed by atoms with Gasteiger partial charge in [0.05, 0.1) is 17.2 Å². The molecule has 146 valence electrons. The molecule has 0 saturated heterocycles. The topological polar surface area (TPSA) is 73.6 Å². The maximum Gasteiger partial charge on any atom is 0.261 e. The van der Waals surface area contributed by atoms with Crippen LogP contribution in [0.15, 0.2) is 47.0 Å². The number of ether oxygens (including phenoxy) is 2. The molecule has 2 aromatic carbocycles. The van der Waals surface area contributed by atoms with Crippen molar-refractivity contribution in [2.75, 3.05) is 25.6 Å². The Labute approximate surface area is 166 Å². The highest BCUT2D eigenvalue weighted by molar-refractivity contribution is 6.33. The van der Waals surface area contributed by atoms with E-state index in [-0.39, 0.29) is 27.6 Å². The van der Waals surface area contributed by atoms with Crippen molar-refractivity contribution in [3.05, 3.63) is 64.6 Å². The van der Waals surface area contributed by atoms with Gasteiger partial charge in [0.15, 0.2) is 0 Å². The van der Waals surface area contributed by atoms with Gasteiger partial charge in [0.2, 0.25) is 0 Å². The number of halogens is 2. The molecule has 1 amide bonds. The lowest BCUT2D eigenvalue weighted by Gasteiger charge is -2.09. The molecule has 0 aliphatic heterocycles. The summed E-state index contributed by atoms with van der Waals surface area (Å²) in [4.78, 5) is 12.8. The highest BCUT2D eigenvalue weighted by Crippen LogP contribution is 2.33. The van der Waals surface area contributed by atoms with Gasteiger partial charge in [0.25, 0.3) is 5.91 Å². The number of aromatic nitrogens is 1. The molecule has 0 fully saturated rings. The van der Waals surface area contributed by atoms with Crippen LogP contribution in [0.3, 0.4) is 0 Å². The molecule has 0 aliphatic rings. The van der Waals surface area contributed by atoms with Gasteiger partial charge in [0.1, 0.15) is 35.2 Å². The van der Waals surface area contributed by atoms with Gasteiger partial charge in [-0.05, 0) is 43.3 Å². The number of rotatable bonds is 7. The Morgan fingerprint density at radius 1 is 1.21 bits per heavy atom. The van der Waals surface area contributed by atoms with Gasteiger partial charge in [0, 0.05) is 12.8 Å². The van der Waals surface area contributed by atoms with Gasteiger partial charge in [-0.25, -0.2) is 4.39 Å². The molecule has 8 heteroatoms. The molecule has 3 rings (SSSR count). The lowest BCUT2D eigenvalue weighted by Crippen LogP contribution is -2.13. The summed E-state index contributed by atoms with van der Waals surface area (Å²) in [5.74, 6) is -0.171. The summed E-state index contributed by atoms with van der Waals surface area (Å²) >= 11 is 6.10. The lowest BCUT2D eigenvalue weighted by atomic mass is 10.0. The minimum absolute atomic E-state index is 0.0213. The highest BCUT2D eigenvalue weighted by Gasteiger charge is 2.25. The number of hydrogen-bond donors (Lipinski definition) is 1. The van der Waals surface area contributed by atoms with Crippen molar-refractivity contribution in [1.82, 2.24) is 5.16 Å². The fraction of sp³-hybridized carbons (Fsp3) is 0.200. The van der Waals surface area contributed by atoms with Crippen LogP contribution in [0.25, 0.3) is 11.3 Å². The first-order valence-electron chi connectivity index (χ1n) is 8.45. The normalized spacial score (nSPS) is 10.7. The van der Waals surface area contributed by atoms with Gasteiger partial charge in [-0.3, -0.25) is 4.79 Å². The van der Waals surface area contributed by atoms with E-state index in [0.29, 0.717) is 24.7 Å². The number of aryl methyl sites for hydroxylation is 1. The predicted molar refractivity (Wildman–Crippen MR) is 103 cm³/mol. The number of anilines is 1. The molecule has 0 atom stereocenters. The SMILES string of the molecule is COCCOc1ccc(NC(=O)c2c(-c3c(F)cccc3Cl)noc2C)cc1. The van der Waals surface area contributed by atoms with E-state index in [2.05, 4.69) is 10.5 Å². The van der Waals surface area contributed by atoms with Crippen LogP contribution >= 0.6 is 11.6 Å². The Kier molecular flexibility index (Phi) is 6.28. The van der Waals surface area contributed by atoms with Gasteiger partial charge < -0.3 is 19.3 Å². The van der Waals surface area contributed by atoms with E-state index in [1.54, 1.807) is 38.3 Å². The summed E-state index contributed by atoms with van der Waals surface area (Å²) in [6.45, 7) is 2.48. The average molecular weight is 405 g/mol. The van der Waals surface area contributed by atoms with Crippen LogP contribution in [-0.2, 0) is 4.74 Å². The highest BCUT2D eigenvalue weighted by atomic mass is 35.5. The van der Waals surface area contributed by atoms with Crippen molar-refractivity contribution < 1.29 is 23.2 Å². The molecule has 0 radical (unpaired) electrons. The Hall–Kier alpha value is -2.90. The average Bonchev–Trinajstić information content (AvgIpc) is 3.04. The standard InChI is InChI=1S/C20H18ClFN2O4/c1-12-17(19(24-28-12)18-15(21)4-3-5-16(18)22)20(25)23-13-6-8-14(9-7-13)27-11-10-26-2/h3-9H,10-11H2,1-2H3,(H,23,25). The van der Waals surface area contributed by atoms with Crippen LogP contribution in [0.2, 0.25) is 5.02 Å². The van der Waals surface area contributed by atoms with Crippen molar-refractivity contribution in [3.63, 3.8) is 0 Å². The number of nitrogens with zero attached hydrogens (tertiary/aromatic N) is 1. The fourth-order valence-electron chi connectivity index (χ4n) is 2.61. The van der Waals surface area contributed by atoms with E-state index < -0.39 is 11.7 Å². The van der Waals surface area contributed by atoms with E-state index in [4.69, 9.17) is 25.6 Å². The summed E-state index contributed by atoms with van der Waals surface area (Å²) in [5.41, 5.74) is 0.730. The Balaban J connectivity index is 1.81. The monoisotopic (exact) mass is 404 g/mol. The van der Waals surface area contributed by atoms with Gasteiger partial charge in [-0.15, -0.1) is 0 Å². The van der Waals surface area contributed by atoms with E-state index in [0.717, 1.165) is 0 Å². The molecule has 3 aromatic rings. The third-order valence-electron chi connectivity index (χ3n) is 3.96. The molecule has 6 nitrogen and oxygen atoms in total. The van der Waals surface area contributed by atoms with Gasteiger partial charge in [-0.2, -0.15) is 0 Å². The zero-order valence-corrected chi connectivity index (χ0v) is 16.0. The summed E-state index contributed by atoms with van der Waals surface area (Å²) in [5, 5.41) is 6.72. The molecule has 28 heavy (non-hydrogen) atoms. The number of nitrogens with one attached hydrogen (secondary N) is 1. The molecule has 0 aliphatic carbocycles. The molecular weight excluding hydrogens is 387 g/mol. The van der Waals surface area contributed by atoms with Gasteiger partial charge >= 0.3 is 0 Å². The molecule has 0 saturated carbocycles. The molecule has 0 unspecified atom stereocenters. The molecule has 0 spiro atoms. The third kappa shape index (κ3) is 4.32. The first-order valence-corrected chi connectivity index (χ1v) is 8.83. The third-order valence-corrected chi connectivity index (χ3v) is 4.27. The largest absolute Gasteiger partial charge is 0.491 e. The number of methoxy groups -OCH3 is 1. The van der Waals surface area contributed by atoms with Crippen molar-refractivity contribution in [2.45, 2.75) is 6.92 Å². The summed E-state index contributed by atoms with van der Waals surface area (Å²) in [6, 6.07) is 11.1. The Morgan fingerprint density at radius 2 is 1.96 bits per heavy atom. The lowest BCUT2D eigenvalue weighted by molar-refractivity contribution is 0.102.